The molecule has 6 heteroatoms. The zero-order valence-corrected chi connectivity index (χ0v) is 13.5. The molecule has 0 radical (unpaired) electrons. The van der Waals surface area contributed by atoms with Crippen LogP contribution in [0.15, 0.2) is 54.6 Å². The fourth-order valence-corrected chi connectivity index (χ4v) is 2.52. The first kappa shape index (κ1) is 16.4. The first-order valence-corrected chi connectivity index (χ1v) is 7.71. The predicted octanol–water partition coefficient (Wildman–Crippen LogP) is 2.90. The van der Waals surface area contributed by atoms with Gasteiger partial charge in [-0.1, -0.05) is 42.5 Å². The van der Waals surface area contributed by atoms with Gasteiger partial charge in [0.05, 0.1) is 30.5 Å². The lowest BCUT2D eigenvalue weighted by molar-refractivity contribution is 0.105. The van der Waals surface area contributed by atoms with Gasteiger partial charge in [-0.2, -0.15) is 10.2 Å². The molecule has 25 heavy (non-hydrogen) atoms. The number of ether oxygens (including phenoxy) is 1. The molecule has 2 aromatic carbocycles. The maximum atomic E-state index is 8.93. The Bertz CT molecular complexity index is 902. The largest absolute Gasteiger partial charge is 0.383 e. The average Bonchev–Trinajstić information content (AvgIpc) is 2.62. The molecule has 0 aliphatic carbocycles. The first-order valence-electron chi connectivity index (χ1n) is 7.71. The minimum absolute atomic E-state index is 0.105. The summed E-state index contributed by atoms with van der Waals surface area (Å²) in [5.41, 5.74) is 15.5. The molecule has 4 N–H and O–H groups in total. The van der Waals surface area contributed by atoms with Crippen LogP contribution in [0.1, 0.15) is 16.8 Å². The average molecular weight is 331 g/mol. The molecule has 124 valence electrons. The second-order valence-corrected chi connectivity index (χ2v) is 5.46. The van der Waals surface area contributed by atoms with Gasteiger partial charge in [-0.25, -0.2) is 4.98 Å². The third kappa shape index (κ3) is 3.91. The van der Waals surface area contributed by atoms with Crippen LogP contribution in [0.2, 0.25) is 0 Å². The number of benzene rings is 2. The van der Waals surface area contributed by atoms with Gasteiger partial charge in [-0.05, 0) is 23.3 Å². The van der Waals surface area contributed by atoms with E-state index in [-0.39, 0.29) is 18.4 Å². The molecular formula is C19H17N5O. The number of nitrogens with two attached hydrogens (primary N) is 2. The maximum Gasteiger partial charge on any atom is 0.222 e. The minimum atomic E-state index is 0.105. The molecule has 0 unspecified atom stereocenters. The van der Waals surface area contributed by atoms with Gasteiger partial charge in [0.2, 0.25) is 5.95 Å². The summed E-state index contributed by atoms with van der Waals surface area (Å²) in [4.78, 5) is 8.32. The van der Waals surface area contributed by atoms with Gasteiger partial charge < -0.3 is 16.2 Å². The molecule has 0 atom stereocenters. The Balaban J connectivity index is 1.86. The molecule has 3 rings (SSSR count). The smallest absolute Gasteiger partial charge is 0.222 e. The van der Waals surface area contributed by atoms with Crippen molar-refractivity contribution in [3.05, 3.63) is 71.4 Å². The summed E-state index contributed by atoms with van der Waals surface area (Å²) in [6.07, 6.45) is 0. The van der Waals surface area contributed by atoms with Gasteiger partial charge in [0.25, 0.3) is 0 Å². The number of hydrogen-bond acceptors (Lipinski definition) is 6. The van der Waals surface area contributed by atoms with E-state index in [1.807, 2.05) is 42.5 Å². The zero-order valence-electron chi connectivity index (χ0n) is 13.5. The van der Waals surface area contributed by atoms with E-state index in [1.54, 1.807) is 12.1 Å². The van der Waals surface area contributed by atoms with Crippen molar-refractivity contribution in [3.8, 4) is 17.2 Å². The number of aromatic nitrogens is 2. The van der Waals surface area contributed by atoms with E-state index in [1.165, 1.54) is 0 Å². The molecule has 0 saturated carbocycles. The molecular weight excluding hydrogens is 314 g/mol. The summed E-state index contributed by atoms with van der Waals surface area (Å²) in [6, 6.07) is 19.0. The van der Waals surface area contributed by atoms with Crippen LogP contribution in [0, 0.1) is 11.3 Å². The third-order valence-electron chi connectivity index (χ3n) is 3.68. The van der Waals surface area contributed by atoms with Crippen molar-refractivity contribution in [2.45, 2.75) is 13.2 Å². The van der Waals surface area contributed by atoms with Gasteiger partial charge >= 0.3 is 0 Å². The minimum Gasteiger partial charge on any atom is -0.383 e. The summed E-state index contributed by atoms with van der Waals surface area (Å²) in [7, 11) is 0. The molecule has 1 aromatic heterocycles. The lowest BCUT2D eigenvalue weighted by Gasteiger charge is -2.12. The normalized spacial score (nSPS) is 10.4. The van der Waals surface area contributed by atoms with E-state index in [9.17, 15) is 0 Å². The van der Waals surface area contributed by atoms with Crippen molar-refractivity contribution in [1.82, 2.24) is 9.97 Å². The zero-order chi connectivity index (χ0) is 17.6. The predicted molar refractivity (Wildman–Crippen MR) is 95.9 cm³/mol. The van der Waals surface area contributed by atoms with Crippen molar-refractivity contribution < 1.29 is 4.74 Å². The highest BCUT2D eigenvalue weighted by molar-refractivity contribution is 5.77. The van der Waals surface area contributed by atoms with E-state index in [0.29, 0.717) is 23.4 Å². The Labute approximate surface area is 145 Å². The van der Waals surface area contributed by atoms with Gasteiger partial charge in [0.1, 0.15) is 5.82 Å². The highest BCUT2D eigenvalue weighted by Crippen LogP contribution is 2.29. The molecule has 3 aromatic rings. The van der Waals surface area contributed by atoms with Crippen LogP contribution >= 0.6 is 0 Å². The standard InChI is InChI=1S/C19H17N5O/c20-10-13-6-8-15(9-7-13)17-16(23-19(22)24-18(17)21)12-25-11-14-4-2-1-3-5-14/h1-9H,11-12H2,(H4,21,22,23,24). The SMILES string of the molecule is N#Cc1ccc(-c2c(N)nc(N)nc2COCc2ccccc2)cc1. The van der Waals surface area contributed by atoms with Gasteiger partial charge in [-0.15, -0.1) is 0 Å². The Morgan fingerprint density at radius 1 is 0.920 bits per heavy atom. The van der Waals surface area contributed by atoms with Gasteiger partial charge in [0, 0.05) is 5.56 Å². The van der Waals surface area contributed by atoms with Crippen LogP contribution in [-0.2, 0) is 18.0 Å². The topological polar surface area (TPSA) is 111 Å². The second-order valence-electron chi connectivity index (χ2n) is 5.46. The van der Waals surface area contributed by atoms with Crippen LogP contribution in [0.4, 0.5) is 11.8 Å². The van der Waals surface area contributed by atoms with E-state index < -0.39 is 0 Å². The second kappa shape index (κ2) is 7.43. The number of nitriles is 1. The summed E-state index contributed by atoms with van der Waals surface area (Å²) in [5, 5.41) is 8.93. The molecule has 6 nitrogen and oxygen atoms in total. The molecule has 1 heterocycles. The quantitative estimate of drug-likeness (QED) is 0.743. The lowest BCUT2D eigenvalue weighted by atomic mass is 10.0. The van der Waals surface area contributed by atoms with Crippen LogP contribution in [0.5, 0.6) is 0 Å². The Hall–Kier alpha value is -3.43. The van der Waals surface area contributed by atoms with Gasteiger partial charge in [-0.3, -0.25) is 0 Å². The Kier molecular flexibility index (Phi) is 4.88. The Morgan fingerprint density at radius 3 is 2.32 bits per heavy atom. The molecule has 0 spiro atoms. The van der Waals surface area contributed by atoms with Crippen molar-refractivity contribution in [3.63, 3.8) is 0 Å². The number of rotatable bonds is 5. The highest BCUT2D eigenvalue weighted by atomic mass is 16.5. The van der Waals surface area contributed by atoms with E-state index in [0.717, 1.165) is 11.1 Å². The highest BCUT2D eigenvalue weighted by Gasteiger charge is 2.14. The van der Waals surface area contributed by atoms with Crippen LogP contribution in [0.25, 0.3) is 11.1 Å². The van der Waals surface area contributed by atoms with Crippen molar-refractivity contribution in [1.29, 1.82) is 5.26 Å². The van der Waals surface area contributed by atoms with Gasteiger partial charge in [0.15, 0.2) is 0 Å². The molecule has 0 amide bonds. The van der Waals surface area contributed by atoms with Crippen LogP contribution in [-0.4, -0.2) is 9.97 Å². The summed E-state index contributed by atoms with van der Waals surface area (Å²) < 4.78 is 5.77. The maximum absolute atomic E-state index is 8.93. The summed E-state index contributed by atoms with van der Waals surface area (Å²) in [6.45, 7) is 0.707. The van der Waals surface area contributed by atoms with Crippen LogP contribution < -0.4 is 11.5 Å². The lowest BCUT2D eigenvalue weighted by Crippen LogP contribution is -2.08. The molecule has 0 aliphatic heterocycles. The Morgan fingerprint density at radius 2 is 1.64 bits per heavy atom. The first-order chi connectivity index (χ1) is 12.2. The fraction of sp³-hybridized carbons (Fsp3) is 0.105. The number of nitrogen functional groups attached to an aromatic ring is 2. The van der Waals surface area contributed by atoms with E-state index >= 15 is 0 Å². The molecule has 0 fully saturated rings. The number of anilines is 2. The van der Waals surface area contributed by atoms with E-state index in [4.69, 9.17) is 21.5 Å². The summed E-state index contributed by atoms with van der Waals surface area (Å²) >= 11 is 0. The molecule has 0 aliphatic rings. The monoisotopic (exact) mass is 331 g/mol. The van der Waals surface area contributed by atoms with Crippen molar-refractivity contribution in [2.75, 3.05) is 11.5 Å². The summed E-state index contributed by atoms with van der Waals surface area (Å²) in [5.74, 6) is 0.392. The molecule has 0 bridgehead atoms. The third-order valence-corrected chi connectivity index (χ3v) is 3.68. The van der Waals surface area contributed by atoms with Crippen LogP contribution in [0.3, 0.4) is 0 Å². The molecule has 0 saturated heterocycles. The fourth-order valence-electron chi connectivity index (χ4n) is 2.52. The van der Waals surface area contributed by atoms with E-state index in [2.05, 4.69) is 16.0 Å². The van der Waals surface area contributed by atoms with Crippen molar-refractivity contribution in [2.24, 2.45) is 0 Å². The number of nitrogens with zero attached hydrogens (tertiary/aromatic N) is 3. The van der Waals surface area contributed by atoms with Crippen molar-refractivity contribution >= 4 is 11.8 Å². The number of hydrogen-bond donors (Lipinski definition) is 2.